The first kappa shape index (κ1) is 12.6. The second-order valence-electron chi connectivity index (χ2n) is 4.71. The summed E-state index contributed by atoms with van der Waals surface area (Å²) < 4.78 is 0. The number of benzene rings is 1. The number of nitrogens with two attached hydrogens (primary N) is 1. The molecule has 0 unspecified atom stereocenters. The molecule has 0 aliphatic rings. The molecule has 2 rings (SSSR count). The Morgan fingerprint density at radius 3 is 2.44 bits per heavy atom. The predicted octanol–water partition coefficient (Wildman–Crippen LogP) is 2.60. The van der Waals surface area contributed by atoms with Gasteiger partial charge in [0.15, 0.2) is 0 Å². The fourth-order valence-electron chi connectivity index (χ4n) is 1.92. The maximum atomic E-state index is 5.67. The summed E-state index contributed by atoms with van der Waals surface area (Å²) in [5.41, 5.74) is 9.28. The maximum Gasteiger partial charge on any atom is 0.123 e. The van der Waals surface area contributed by atoms with E-state index < -0.39 is 0 Å². The van der Waals surface area contributed by atoms with E-state index in [0.29, 0.717) is 5.82 Å². The normalized spacial score (nSPS) is 10.8. The first-order valence-corrected chi connectivity index (χ1v) is 6.09. The van der Waals surface area contributed by atoms with E-state index in [1.54, 1.807) is 0 Å². The van der Waals surface area contributed by atoms with Crippen molar-refractivity contribution in [1.29, 1.82) is 0 Å². The lowest BCUT2D eigenvalue weighted by molar-refractivity contribution is 0.315. The monoisotopic (exact) mass is 241 g/mol. The van der Waals surface area contributed by atoms with E-state index in [1.165, 1.54) is 11.1 Å². The molecule has 0 radical (unpaired) electrons. The maximum absolute atomic E-state index is 5.67. The van der Waals surface area contributed by atoms with Gasteiger partial charge in [0.25, 0.3) is 0 Å². The van der Waals surface area contributed by atoms with Crippen LogP contribution in [0.15, 0.2) is 42.5 Å². The Hall–Kier alpha value is -1.87. The van der Waals surface area contributed by atoms with Crippen molar-refractivity contribution in [3.63, 3.8) is 0 Å². The summed E-state index contributed by atoms with van der Waals surface area (Å²) in [6.45, 7) is 3.82. The van der Waals surface area contributed by atoms with Crippen molar-refractivity contribution in [2.75, 3.05) is 12.8 Å². The number of aryl methyl sites for hydroxylation is 1. The molecule has 1 heterocycles. The second kappa shape index (κ2) is 5.65. The molecule has 0 saturated heterocycles. The van der Waals surface area contributed by atoms with Crippen molar-refractivity contribution >= 4 is 5.82 Å². The smallest absolute Gasteiger partial charge is 0.123 e. The molecule has 2 aromatic rings. The number of hydrogen-bond donors (Lipinski definition) is 1. The van der Waals surface area contributed by atoms with Gasteiger partial charge >= 0.3 is 0 Å². The van der Waals surface area contributed by atoms with Crippen LogP contribution < -0.4 is 5.73 Å². The SMILES string of the molecule is Cc1ccc(CN(C)Cc2cccc(N)n2)cc1. The molecule has 3 heteroatoms. The summed E-state index contributed by atoms with van der Waals surface area (Å²) >= 11 is 0. The molecule has 0 aliphatic carbocycles. The highest BCUT2D eigenvalue weighted by atomic mass is 15.1. The van der Waals surface area contributed by atoms with Gasteiger partial charge in [-0.1, -0.05) is 35.9 Å². The molecule has 18 heavy (non-hydrogen) atoms. The minimum absolute atomic E-state index is 0.580. The average Bonchev–Trinajstić information content (AvgIpc) is 2.32. The molecule has 0 saturated carbocycles. The Balaban J connectivity index is 1.96. The summed E-state index contributed by atoms with van der Waals surface area (Å²) in [5.74, 6) is 0.580. The summed E-state index contributed by atoms with van der Waals surface area (Å²) in [4.78, 5) is 6.53. The van der Waals surface area contributed by atoms with E-state index in [1.807, 2.05) is 18.2 Å². The average molecular weight is 241 g/mol. The Bertz CT molecular complexity index is 505. The van der Waals surface area contributed by atoms with Gasteiger partial charge in [0.2, 0.25) is 0 Å². The molecular weight excluding hydrogens is 222 g/mol. The molecule has 0 aliphatic heterocycles. The van der Waals surface area contributed by atoms with Gasteiger partial charge < -0.3 is 5.73 Å². The first-order chi connectivity index (χ1) is 8.63. The van der Waals surface area contributed by atoms with Gasteiger partial charge in [0.1, 0.15) is 5.82 Å². The molecule has 94 valence electrons. The number of rotatable bonds is 4. The van der Waals surface area contributed by atoms with Crippen LogP contribution >= 0.6 is 0 Å². The highest BCUT2D eigenvalue weighted by Gasteiger charge is 2.03. The predicted molar refractivity (Wildman–Crippen MR) is 75.0 cm³/mol. The van der Waals surface area contributed by atoms with Crippen molar-refractivity contribution in [1.82, 2.24) is 9.88 Å². The van der Waals surface area contributed by atoms with Crippen molar-refractivity contribution in [2.45, 2.75) is 20.0 Å². The van der Waals surface area contributed by atoms with Crippen LogP contribution in [0.3, 0.4) is 0 Å². The van der Waals surface area contributed by atoms with Gasteiger partial charge in [0, 0.05) is 13.1 Å². The fourth-order valence-corrected chi connectivity index (χ4v) is 1.92. The number of aromatic nitrogens is 1. The van der Waals surface area contributed by atoms with E-state index in [4.69, 9.17) is 5.73 Å². The highest BCUT2D eigenvalue weighted by Crippen LogP contribution is 2.09. The van der Waals surface area contributed by atoms with Gasteiger partial charge in [-0.25, -0.2) is 4.98 Å². The third kappa shape index (κ3) is 3.57. The fraction of sp³-hybridized carbons (Fsp3) is 0.267. The van der Waals surface area contributed by atoms with E-state index in [2.05, 4.69) is 48.1 Å². The lowest BCUT2D eigenvalue weighted by Gasteiger charge is -2.16. The number of anilines is 1. The van der Waals surface area contributed by atoms with Crippen molar-refractivity contribution < 1.29 is 0 Å². The van der Waals surface area contributed by atoms with Crippen LogP contribution in [0.5, 0.6) is 0 Å². The zero-order valence-electron chi connectivity index (χ0n) is 10.9. The zero-order chi connectivity index (χ0) is 13.0. The second-order valence-corrected chi connectivity index (χ2v) is 4.71. The zero-order valence-corrected chi connectivity index (χ0v) is 10.9. The summed E-state index contributed by atoms with van der Waals surface area (Å²) in [5, 5.41) is 0. The van der Waals surface area contributed by atoms with Crippen LogP contribution in [0.25, 0.3) is 0 Å². The Morgan fingerprint density at radius 1 is 1.06 bits per heavy atom. The van der Waals surface area contributed by atoms with E-state index in [9.17, 15) is 0 Å². The van der Waals surface area contributed by atoms with Gasteiger partial charge in [-0.3, -0.25) is 4.90 Å². The Morgan fingerprint density at radius 2 is 1.78 bits per heavy atom. The molecule has 0 spiro atoms. The van der Waals surface area contributed by atoms with Crippen LogP contribution in [0.1, 0.15) is 16.8 Å². The molecule has 3 nitrogen and oxygen atoms in total. The van der Waals surface area contributed by atoms with E-state index in [-0.39, 0.29) is 0 Å². The lowest BCUT2D eigenvalue weighted by Crippen LogP contribution is -2.18. The third-order valence-corrected chi connectivity index (χ3v) is 2.83. The molecular formula is C15H19N3. The minimum atomic E-state index is 0.580. The molecule has 0 bridgehead atoms. The number of nitrogens with zero attached hydrogens (tertiary/aromatic N) is 2. The largest absolute Gasteiger partial charge is 0.384 e. The number of nitrogen functional groups attached to an aromatic ring is 1. The van der Waals surface area contributed by atoms with Crippen molar-refractivity contribution in [2.24, 2.45) is 0 Å². The van der Waals surface area contributed by atoms with Gasteiger partial charge in [-0.15, -0.1) is 0 Å². The Kier molecular flexibility index (Phi) is 3.95. The van der Waals surface area contributed by atoms with Gasteiger partial charge in [-0.2, -0.15) is 0 Å². The summed E-state index contributed by atoms with van der Waals surface area (Å²) in [6, 6.07) is 14.4. The molecule has 2 N–H and O–H groups in total. The van der Waals surface area contributed by atoms with E-state index in [0.717, 1.165) is 18.8 Å². The lowest BCUT2D eigenvalue weighted by atomic mass is 10.1. The van der Waals surface area contributed by atoms with E-state index >= 15 is 0 Å². The summed E-state index contributed by atoms with van der Waals surface area (Å²) in [7, 11) is 2.09. The number of hydrogen-bond acceptors (Lipinski definition) is 3. The van der Waals surface area contributed by atoms with Gasteiger partial charge in [0.05, 0.1) is 5.69 Å². The van der Waals surface area contributed by atoms with Crippen LogP contribution in [0.4, 0.5) is 5.82 Å². The Labute approximate surface area is 108 Å². The van der Waals surface area contributed by atoms with Crippen LogP contribution in [0, 0.1) is 6.92 Å². The molecule has 0 fully saturated rings. The standard InChI is InChI=1S/C15H19N3/c1-12-6-8-13(9-7-12)10-18(2)11-14-4-3-5-15(16)17-14/h3-9H,10-11H2,1-2H3,(H2,16,17). The summed E-state index contributed by atoms with van der Waals surface area (Å²) in [6.07, 6.45) is 0. The third-order valence-electron chi connectivity index (χ3n) is 2.83. The molecule has 1 aromatic carbocycles. The topological polar surface area (TPSA) is 42.1 Å². The highest BCUT2D eigenvalue weighted by molar-refractivity contribution is 5.28. The molecule has 0 amide bonds. The van der Waals surface area contributed by atoms with Crippen LogP contribution in [-0.2, 0) is 13.1 Å². The van der Waals surface area contributed by atoms with Crippen molar-refractivity contribution in [3.05, 3.63) is 59.3 Å². The number of pyridine rings is 1. The van der Waals surface area contributed by atoms with Crippen LogP contribution in [-0.4, -0.2) is 16.9 Å². The minimum Gasteiger partial charge on any atom is -0.384 e. The van der Waals surface area contributed by atoms with Crippen LogP contribution in [0.2, 0.25) is 0 Å². The first-order valence-electron chi connectivity index (χ1n) is 6.09. The van der Waals surface area contributed by atoms with Crippen molar-refractivity contribution in [3.8, 4) is 0 Å². The molecule has 0 atom stereocenters. The van der Waals surface area contributed by atoms with Gasteiger partial charge in [-0.05, 0) is 31.7 Å². The quantitative estimate of drug-likeness (QED) is 0.894. The molecule has 1 aromatic heterocycles.